The minimum absolute atomic E-state index is 0.0459. The lowest BCUT2D eigenvalue weighted by molar-refractivity contribution is 0.159. The fraction of sp³-hybridized carbons (Fsp3) is 0.600. The molecule has 1 atom stereocenters. The van der Waals surface area contributed by atoms with Crippen LogP contribution in [-0.2, 0) is 5.41 Å². The number of fused-ring (bicyclic) bond motifs is 1. The van der Waals surface area contributed by atoms with Gasteiger partial charge in [-0.3, -0.25) is 0 Å². The number of alkyl halides is 1. The first kappa shape index (κ1) is 12.7. The van der Waals surface area contributed by atoms with E-state index in [0.29, 0.717) is 31.1 Å². The summed E-state index contributed by atoms with van der Waals surface area (Å²) in [4.78, 5) is 0. The van der Waals surface area contributed by atoms with Crippen molar-refractivity contribution in [3.05, 3.63) is 23.3 Å². The maximum atomic E-state index is 13.7. The van der Waals surface area contributed by atoms with E-state index in [4.69, 9.17) is 15.2 Å². The van der Waals surface area contributed by atoms with Crippen molar-refractivity contribution in [1.29, 1.82) is 0 Å². The average molecular weight is 265 g/mol. The lowest BCUT2D eigenvalue weighted by Gasteiger charge is -2.43. The summed E-state index contributed by atoms with van der Waals surface area (Å²) in [5, 5.41) is 0. The second-order valence-corrected chi connectivity index (χ2v) is 5.55. The highest BCUT2D eigenvalue weighted by Gasteiger charge is 2.41. The van der Waals surface area contributed by atoms with Crippen LogP contribution in [-0.4, -0.2) is 19.8 Å². The van der Waals surface area contributed by atoms with Gasteiger partial charge in [0.1, 0.15) is 19.4 Å². The third-order valence-corrected chi connectivity index (χ3v) is 4.40. The fourth-order valence-corrected chi connectivity index (χ4v) is 2.99. The largest absolute Gasteiger partial charge is 0.486 e. The van der Waals surface area contributed by atoms with Crippen molar-refractivity contribution in [3.8, 4) is 11.5 Å². The van der Waals surface area contributed by atoms with Crippen LogP contribution in [0.2, 0.25) is 0 Å². The topological polar surface area (TPSA) is 44.5 Å². The maximum Gasteiger partial charge on any atom is 0.165 e. The van der Waals surface area contributed by atoms with E-state index < -0.39 is 6.17 Å². The van der Waals surface area contributed by atoms with Crippen LogP contribution < -0.4 is 15.2 Å². The molecule has 1 aromatic rings. The second kappa shape index (κ2) is 4.67. The van der Waals surface area contributed by atoms with E-state index in [1.165, 1.54) is 6.42 Å². The van der Waals surface area contributed by atoms with Crippen molar-refractivity contribution in [2.75, 3.05) is 19.8 Å². The zero-order valence-electron chi connectivity index (χ0n) is 11.2. The Hall–Kier alpha value is -1.29. The Morgan fingerprint density at radius 3 is 2.63 bits per heavy atom. The van der Waals surface area contributed by atoms with Crippen LogP contribution in [0.25, 0.3) is 0 Å². The second-order valence-electron chi connectivity index (χ2n) is 5.55. The van der Waals surface area contributed by atoms with Gasteiger partial charge < -0.3 is 15.2 Å². The van der Waals surface area contributed by atoms with Crippen LogP contribution in [0.1, 0.15) is 43.5 Å². The zero-order chi connectivity index (χ0) is 13.5. The van der Waals surface area contributed by atoms with Crippen molar-refractivity contribution >= 4 is 0 Å². The van der Waals surface area contributed by atoms with E-state index in [-0.39, 0.29) is 5.41 Å². The van der Waals surface area contributed by atoms with Gasteiger partial charge >= 0.3 is 0 Å². The van der Waals surface area contributed by atoms with Gasteiger partial charge in [-0.25, -0.2) is 4.39 Å². The van der Waals surface area contributed by atoms with E-state index in [9.17, 15) is 4.39 Å². The smallest absolute Gasteiger partial charge is 0.165 e. The molecule has 19 heavy (non-hydrogen) atoms. The zero-order valence-corrected chi connectivity index (χ0v) is 11.2. The molecule has 3 rings (SSSR count). The molecular formula is C15H20FNO2. The van der Waals surface area contributed by atoms with Gasteiger partial charge in [-0.1, -0.05) is 6.42 Å². The Morgan fingerprint density at radius 2 is 2.05 bits per heavy atom. The molecule has 4 heteroatoms. The Kier molecular flexibility index (Phi) is 3.13. The monoisotopic (exact) mass is 265 g/mol. The molecule has 3 nitrogen and oxygen atoms in total. The van der Waals surface area contributed by atoms with Gasteiger partial charge in [-0.2, -0.15) is 0 Å². The summed E-state index contributed by atoms with van der Waals surface area (Å²) in [6.07, 6.45) is 2.25. The summed E-state index contributed by atoms with van der Waals surface area (Å²) in [5.74, 6) is 1.45. The molecule has 1 fully saturated rings. The first-order valence-corrected chi connectivity index (χ1v) is 6.94. The number of nitrogens with two attached hydrogens (primary N) is 1. The summed E-state index contributed by atoms with van der Waals surface area (Å²) in [7, 11) is 0. The molecule has 1 aliphatic carbocycles. The minimum Gasteiger partial charge on any atom is -0.486 e. The van der Waals surface area contributed by atoms with Crippen LogP contribution in [0, 0.1) is 0 Å². The summed E-state index contributed by atoms with van der Waals surface area (Å²) >= 11 is 0. The van der Waals surface area contributed by atoms with E-state index in [0.717, 1.165) is 24.2 Å². The van der Waals surface area contributed by atoms with Crippen molar-refractivity contribution < 1.29 is 13.9 Å². The quantitative estimate of drug-likeness (QED) is 0.914. The van der Waals surface area contributed by atoms with Gasteiger partial charge in [-0.15, -0.1) is 0 Å². The highest BCUT2D eigenvalue weighted by Crippen LogP contribution is 2.50. The molecule has 0 amide bonds. The lowest BCUT2D eigenvalue weighted by Crippen LogP contribution is -2.42. The highest BCUT2D eigenvalue weighted by molar-refractivity contribution is 5.54. The molecule has 104 valence electrons. The molecule has 0 radical (unpaired) electrons. The van der Waals surface area contributed by atoms with Crippen molar-refractivity contribution in [3.63, 3.8) is 0 Å². The van der Waals surface area contributed by atoms with Crippen LogP contribution in [0.4, 0.5) is 4.39 Å². The molecule has 1 unspecified atom stereocenters. The van der Waals surface area contributed by atoms with Crippen molar-refractivity contribution in [2.45, 2.75) is 37.8 Å². The molecule has 0 saturated heterocycles. The SMILES string of the molecule is CC(F)c1cc2c(c(C3(CN)CCC3)c1)OCCO2. The van der Waals surface area contributed by atoms with Gasteiger partial charge in [0, 0.05) is 17.5 Å². The molecule has 0 bridgehead atoms. The predicted molar refractivity (Wildman–Crippen MR) is 71.5 cm³/mol. The van der Waals surface area contributed by atoms with Gasteiger partial charge in [-0.05, 0) is 37.5 Å². The van der Waals surface area contributed by atoms with Gasteiger partial charge in [0.25, 0.3) is 0 Å². The molecule has 2 aliphatic rings. The van der Waals surface area contributed by atoms with Crippen LogP contribution in [0.3, 0.4) is 0 Å². The standard InChI is InChI=1S/C15H20FNO2/c1-10(16)11-7-12(15(9-17)3-2-4-15)14-13(8-11)18-5-6-19-14/h7-8,10H,2-6,9,17H2,1H3. The van der Waals surface area contributed by atoms with Crippen LogP contribution >= 0.6 is 0 Å². The third kappa shape index (κ3) is 1.98. The molecule has 1 aliphatic heterocycles. The van der Waals surface area contributed by atoms with E-state index in [2.05, 4.69) is 0 Å². The first-order valence-electron chi connectivity index (χ1n) is 6.94. The number of rotatable bonds is 3. The number of ether oxygens (including phenoxy) is 2. The maximum absolute atomic E-state index is 13.7. The van der Waals surface area contributed by atoms with E-state index in [1.807, 2.05) is 6.07 Å². The van der Waals surface area contributed by atoms with Crippen molar-refractivity contribution in [2.24, 2.45) is 5.73 Å². The Morgan fingerprint density at radius 1 is 1.32 bits per heavy atom. The minimum atomic E-state index is -1.01. The molecular weight excluding hydrogens is 245 g/mol. The van der Waals surface area contributed by atoms with Crippen LogP contribution in [0.15, 0.2) is 12.1 Å². The molecule has 1 aromatic carbocycles. The van der Waals surface area contributed by atoms with Crippen molar-refractivity contribution in [1.82, 2.24) is 0 Å². The normalized spacial score (nSPS) is 21.6. The molecule has 1 heterocycles. The Balaban J connectivity index is 2.12. The van der Waals surface area contributed by atoms with Gasteiger partial charge in [0.05, 0.1) is 0 Å². The summed E-state index contributed by atoms with van der Waals surface area (Å²) in [5.41, 5.74) is 7.62. The molecule has 1 saturated carbocycles. The highest BCUT2D eigenvalue weighted by atomic mass is 19.1. The van der Waals surface area contributed by atoms with Gasteiger partial charge in [0.15, 0.2) is 11.5 Å². The molecule has 0 spiro atoms. The number of halogens is 1. The predicted octanol–water partition coefficient (Wildman–Crippen LogP) is 2.87. The third-order valence-electron chi connectivity index (χ3n) is 4.40. The van der Waals surface area contributed by atoms with Gasteiger partial charge in [0.2, 0.25) is 0 Å². The Labute approximate surface area is 112 Å². The summed E-state index contributed by atoms with van der Waals surface area (Å²) in [6, 6.07) is 3.68. The first-order chi connectivity index (χ1) is 9.16. The summed E-state index contributed by atoms with van der Waals surface area (Å²) < 4.78 is 25.1. The molecule has 2 N–H and O–H groups in total. The lowest BCUT2D eigenvalue weighted by atomic mass is 9.64. The average Bonchev–Trinajstić information content (AvgIpc) is 2.37. The fourth-order valence-electron chi connectivity index (χ4n) is 2.99. The van der Waals surface area contributed by atoms with E-state index in [1.54, 1.807) is 13.0 Å². The van der Waals surface area contributed by atoms with Crippen LogP contribution in [0.5, 0.6) is 11.5 Å². The molecule has 0 aromatic heterocycles. The summed E-state index contributed by atoms with van der Waals surface area (Å²) in [6.45, 7) is 3.19. The van der Waals surface area contributed by atoms with E-state index >= 15 is 0 Å². The number of hydrogen-bond acceptors (Lipinski definition) is 3. The number of hydrogen-bond donors (Lipinski definition) is 1. The Bertz CT molecular complexity index is 478. The number of benzene rings is 1.